The highest BCUT2D eigenvalue weighted by atomic mass is 16.3. The minimum atomic E-state index is 0.0958. The Morgan fingerprint density at radius 3 is 2.71 bits per heavy atom. The third kappa shape index (κ3) is 2.85. The molecule has 2 heterocycles. The number of hydrogen-bond donors (Lipinski definition) is 1. The first-order valence-electron chi connectivity index (χ1n) is 7.64. The van der Waals surface area contributed by atoms with Gasteiger partial charge in [-0.3, -0.25) is 9.88 Å². The lowest BCUT2D eigenvalue weighted by Crippen LogP contribution is -2.30. The van der Waals surface area contributed by atoms with Crippen LogP contribution in [0.2, 0.25) is 0 Å². The Bertz CT molecular complexity index is 597. The largest absolute Gasteiger partial charge is 0.392 e. The first-order chi connectivity index (χ1) is 10.3. The molecule has 0 unspecified atom stereocenters. The van der Waals surface area contributed by atoms with E-state index in [0.29, 0.717) is 6.04 Å². The minimum Gasteiger partial charge on any atom is -0.392 e. The summed E-state index contributed by atoms with van der Waals surface area (Å²) in [7, 11) is 2.19. The van der Waals surface area contributed by atoms with E-state index in [2.05, 4.69) is 23.0 Å². The van der Waals surface area contributed by atoms with Crippen LogP contribution in [0.3, 0.4) is 0 Å². The molecule has 21 heavy (non-hydrogen) atoms. The van der Waals surface area contributed by atoms with Gasteiger partial charge in [0.05, 0.1) is 6.61 Å². The number of piperidine rings is 1. The third-order valence-electron chi connectivity index (χ3n) is 4.46. The van der Waals surface area contributed by atoms with Gasteiger partial charge >= 0.3 is 0 Å². The molecule has 1 atom stereocenters. The number of pyridine rings is 1. The summed E-state index contributed by atoms with van der Waals surface area (Å²) in [4.78, 5) is 6.53. The molecule has 1 aliphatic heterocycles. The quantitative estimate of drug-likeness (QED) is 0.937. The third-order valence-corrected chi connectivity index (χ3v) is 4.46. The standard InChI is InChI=1S/C18H22N2O/c1-20-12-3-2-7-17(20)18-15(13-21)5-4-6-16(18)14-8-10-19-11-9-14/h4-6,8-11,17,21H,2-3,7,12-13H2,1H3/t17-/m0/s1. The SMILES string of the molecule is CN1CCCC[C@H]1c1c(CO)cccc1-c1ccncc1. The molecule has 0 spiro atoms. The van der Waals surface area contributed by atoms with E-state index in [0.717, 1.165) is 18.5 Å². The van der Waals surface area contributed by atoms with Crippen molar-refractivity contribution < 1.29 is 5.11 Å². The fourth-order valence-electron chi connectivity index (χ4n) is 3.37. The van der Waals surface area contributed by atoms with E-state index in [4.69, 9.17) is 0 Å². The topological polar surface area (TPSA) is 36.4 Å². The van der Waals surface area contributed by atoms with E-state index >= 15 is 0 Å². The van der Waals surface area contributed by atoms with Gasteiger partial charge < -0.3 is 5.11 Å². The van der Waals surface area contributed by atoms with Gasteiger partial charge in [-0.05, 0) is 60.8 Å². The molecule has 1 aromatic carbocycles. The van der Waals surface area contributed by atoms with Gasteiger partial charge in [0.25, 0.3) is 0 Å². The first kappa shape index (κ1) is 14.2. The van der Waals surface area contributed by atoms with Crippen LogP contribution in [0.5, 0.6) is 0 Å². The molecule has 0 bridgehead atoms. The lowest BCUT2D eigenvalue weighted by molar-refractivity contribution is 0.184. The maximum Gasteiger partial charge on any atom is 0.0685 e. The molecule has 3 rings (SSSR count). The first-order valence-corrected chi connectivity index (χ1v) is 7.64. The van der Waals surface area contributed by atoms with Gasteiger partial charge in [0, 0.05) is 18.4 Å². The van der Waals surface area contributed by atoms with Gasteiger partial charge in [0.15, 0.2) is 0 Å². The molecular formula is C18H22N2O. The van der Waals surface area contributed by atoms with Crippen molar-refractivity contribution in [3.8, 4) is 11.1 Å². The van der Waals surface area contributed by atoms with Crippen molar-refractivity contribution in [3.05, 3.63) is 53.9 Å². The summed E-state index contributed by atoms with van der Waals surface area (Å²) in [6.07, 6.45) is 7.33. The number of aliphatic hydroxyl groups excluding tert-OH is 1. The Labute approximate surface area is 126 Å². The average Bonchev–Trinajstić information content (AvgIpc) is 2.55. The summed E-state index contributed by atoms with van der Waals surface area (Å²) >= 11 is 0. The molecule has 1 N–H and O–H groups in total. The lowest BCUT2D eigenvalue weighted by Gasteiger charge is -2.35. The zero-order valence-corrected chi connectivity index (χ0v) is 12.5. The molecule has 2 aromatic rings. The zero-order valence-electron chi connectivity index (χ0n) is 12.5. The number of rotatable bonds is 3. The van der Waals surface area contributed by atoms with E-state index in [1.807, 2.05) is 36.7 Å². The normalized spacial score (nSPS) is 19.6. The van der Waals surface area contributed by atoms with Crippen LogP contribution in [-0.2, 0) is 6.61 Å². The van der Waals surface area contributed by atoms with Crippen LogP contribution in [0.4, 0.5) is 0 Å². The fourth-order valence-corrected chi connectivity index (χ4v) is 3.37. The van der Waals surface area contributed by atoms with Crippen LogP contribution >= 0.6 is 0 Å². The second kappa shape index (κ2) is 6.37. The zero-order chi connectivity index (χ0) is 14.7. The lowest BCUT2D eigenvalue weighted by atomic mass is 9.86. The van der Waals surface area contributed by atoms with Crippen LogP contribution < -0.4 is 0 Å². The molecule has 1 saturated heterocycles. The maximum atomic E-state index is 9.78. The van der Waals surface area contributed by atoms with E-state index in [-0.39, 0.29) is 6.61 Å². The van der Waals surface area contributed by atoms with Crippen molar-refractivity contribution in [1.29, 1.82) is 0 Å². The Morgan fingerprint density at radius 1 is 1.19 bits per heavy atom. The van der Waals surface area contributed by atoms with E-state index in [1.165, 1.54) is 29.5 Å². The van der Waals surface area contributed by atoms with Crippen LogP contribution in [0, 0.1) is 0 Å². The second-order valence-corrected chi connectivity index (χ2v) is 5.76. The van der Waals surface area contributed by atoms with Gasteiger partial charge in [-0.15, -0.1) is 0 Å². The van der Waals surface area contributed by atoms with Crippen molar-refractivity contribution >= 4 is 0 Å². The highest BCUT2D eigenvalue weighted by Crippen LogP contribution is 2.38. The molecular weight excluding hydrogens is 260 g/mol. The van der Waals surface area contributed by atoms with Crippen molar-refractivity contribution in [2.45, 2.75) is 31.9 Å². The predicted octanol–water partition coefficient (Wildman–Crippen LogP) is 3.40. The van der Waals surface area contributed by atoms with Gasteiger partial charge in [-0.25, -0.2) is 0 Å². The van der Waals surface area contributed by atoms with Crippen molar-refractivity contribution in [2.75, 3.05) is 13.6 Å². The molecule has 3 nitrogen and oxygen atoms in total. The summed E-state index contributed by atoms with van der Waals surface area (Å²) in [5, 5.41) is 9.78. The summed E-state index contributed by atoms with van der Waals surface area (Å²) in [6, 6.07) is 10.7. The molecule has 1 fully saturated rings. The summed E-state index contributed by atoms with van der Waals surface area (Å²) in [5.74, 6) is 0. The predicted molar refractivity (Wildman–Crippen MR) is 84.8 cm³/mol. The highest BCUT2D eigenvalue weighted by Gasteiger charge is 2.25. The number of aromatic nitrogens is 1. The number of likely N-dealkylation sites (tertiary alicyclic amines) is 1. The summed E-state index contributed by atoms with van der Waals surface area (Å²) in [5.41, 5.74) is 4.73. The molecule has 3 heteroatoms. The van der Waals surface area contributed by atoms with E-state index in [1.54, 1.807) is 0 Å². The molecule has 1 aromatic heterocycles. The smallest absolute Gasteiger partial charge is 0.0685 e. The summed E-state index contributed by atoms with van der Waals surface area (Å²) < 4.78 is 0. The number of aliphatic hydroxyl groups is 1. The second-order valence-electron chi connectivity index (χ2n) is 5.76. The molecule has 0 radical (unpaired) electrons. The molecule has 0 saturated carbocycles. The van der Waals surface area contributed by atoms with E-state index < -0.39 is 0 Å². The van der Waals surface area contributed by atoms with Gasteiger partial charge in [-0.2, -0.15) is 0 Å². The van der Waals surface area contributed by atoms with Crippen LogP contribution in [-0.4, -0.2) is 28.6 Å². The Morgan fingerprint density at radius 2 is 2.00 bits per heavy atom. The van der Waals surface area contributed by atoms with Crippen molar-refractivity contribution in [2.24, 2.45) is 0 Å². The Balaban J connectivity index is 2.12. The minimum absolute atomic E-state index is 0.0958. The molecule has 1 aliphatic rings. The maximum absolute atomic E-state index is 9.78. The molecule has 0 aliphatic carbocycles. The molecule has 0 amide bonds. The monoisotopic (exact) mass is 282 g/mol. The van der Waals surface area contributed by atoms with Crippen LogP contribution in [0.1, 0.15) is 36.4 Å². The number of benzene rings is 1. The molecule has 110 valence electrons. The number of hydrogen-bond acceptors (Lipinski definition) is 3. The van der Waals surface area contributed by atoms with Crippen LogP contribution in [0.15, 0.2) is 42.7 Å². The van der Waals surface area contributed by atoms with Crippen molar-refractivity contribution in [1.82, 2.24) is 9.88 Å². The Kier molecular flexibility index (Phi) is 4.32. The highest BCUT2D eigenvalue weighted by molar-refractivity contribution is 5.69. The fraction of sp³-hybridized carbons (Fsp3) is 0.389. The van der Waals surface area contributed by atoms with E-state index in [9.17, 15) is 5.11 Å². The van der Waals surface area contributed by atoms with Crippen molar-refractivity contribution in [3.63, 3.8) is 0 Å². The van der Waals surface area contributed by atoms with Crippen LogP contribution in [0.25, 0.3) is 11.1 Å². The average molecular weight is 282 g/mol. The van der Waals surface area contributed by atoms with Gasteiger partial charge in [0.2, 0.25) is 0 Å². The Hall–Kier alpha value is -1.71. The van der Waals surface area contributed by atoms with Gasteiger partial charge in [0.1, 0.15) is 0 Å². The van der Waals surface area contributed by atoms with Gasteiger partial charge in [-0.1, -0.05) is 24.6 Å². The summed E-state index contributed by atoms with van der Waals surface area (Å²) in [6.45, 7) is 1.22. The number of nitrogens with zero attached hydrogens (tertiary/aromatic N) is 2.